The molecule has 0 unspecified atom stereocenters. The van der Waals surface area contributed by atoms with Crippen LogP contribution in [0.3, 0.4) is 0 Å². The van der Waals surface area contributed by atoms with Gasteiger partial charge in [-0.25, -0.2) is 4.79 Å². The van der Waals surface area contributed by atoms with Gasteiger partial charge in [0.15, 0.2) is 5.94 Å². The molecule has 4 rings (SSSR count). The van der Waals surface area contributed by atoms with E-state index in [0.717, 1.165) is 35.3 Å². The molecule has 0 atom stereocenters. The summed E-state index contributed by atoms with van der Waals surface area (Å²) in [4.78, 5) is 13.4. The van der Waals surface area contributed by atoms with Gasteiger partial charge in [0.1, 0.15) is 5.70 Å². The van der Waals surface area contributed by atoms with Crippen molar-refractivity contribution in [3.63, 3.8) is 0 Å². The second kappa shape index (κ2) is 3.73. The Balaban J connectivity index is 2.05. The number of H-pyrrole nitrogens is 1. The van der Waals surface area contributed by atoms with Gasteiger partial charge in [-0.15, -0.1) is 0 Å². The zero-order valence-electron chi connectivity index (χ0n) is 9.98. The number of carbonyl (C=O) groups excluding carboxylic acids is 1. The highest BCUT2D eigenvalue weighted by Crippen LogP contribution is 2.47. The van der Waals surface area contributed by atoms with Crippen molar-refractivity contribution in [2.75, 3.05) is 4.90 Å². The summed E-state index contributed by atoms with van der Waals surface area (Å²) < 4.78 is 0. The minimum absolute atomic E-state index is 0.388. The van der Waals surface area contributed by atoms with Gasteiger partial charge in [-0.05, 0) is 31.0 Å². The summed E-state index contributed by atoms with van der Waals surface area (Å²) in [5.41, 5.74) is 4.21. The quantitative estimate of drug-likeness (QED) is 0.812. The van der Waals surface area contributed by atoms with E-state index in [1.54, 1.807) is 6.20 Å². The topological polar surface area (TPSA) is 49.0 Å². The molecular weight excluding hydrogens is 262 g/mol. The van der Waals surface area contributed by atoms with Gasteiger partial charge >= 0.3 is 0 Å². The molecule has 19 heavy (non-hydrogen) atoms. The highest BCUT2D eigenvalue weighted by molar-refractivity contribution is 6.31. The van der Waals surface area contributed by atoms with Crippen LogP contribution in [-0.4, -0.2) is 22.2 Å². The minimum atomic E-state index is 0.388. The predicted octanol–water partition coefficient (Wildman–Crippen LogP) is 2.89. The van der Waals surface area contributed by atoms with Gasteiger partial charge in [0.2, 0.25) is 0 Å². The van der Waals surface area contributed by atoms with Gasteiger partial charge in [0, 0.05) is 16.6 Å². The van der Waals surface area contributed by atoms with Crippen molar-refractivity contribution in [3.05, 3.63) is 35.0 Å². The van der Waals surface area contributed by atoms with Crippen molar-refractivity contribution in [1.29, 1.82) is 0 Å². The summed E-state index contributed by atoms with van der Waals surface area (Å²) >= 11 is 6.09. The number of anilines is 1. The molecule has 1 fully saturated rings. The van der Waals surface area contributed by atoms with E-state index in [4.69, 9.17) is 11.6 Å². The van der Waals surface area contributed by atoms with Crippen LogP contribution in [0.25, 0.3) is 17.0 Å². The molecule has 0 radical (unpaired) electrons. The van der Waals surface area contributed by atoms with E-state index in [0.29, 0.717) is 16.8 Å². The lowest BCUT2D eigenvalue weighted by Crippen LogP contribution is -2.27. The van der Waals surface area contributed by atoms with E-state index < -0.39 is 0 Å². The number of benzene rings is 1. The molecule has 94 valence electrons. The maximum atomic E-state index is 11.4. The first-order valence-electron chi connectivity index (χ1n) is 6.17. The van der Waals surface area contributed by atoms with Crippen molar-refractivity contribution in [2.24, 2.45) is 0 Å². The monoisotopic (exact) mass is 271 g/mol. The van der Waals surface area contributed by atoms with Crippen molar-refractivity contribution in [3.8, 4) is 11.3 Å². The fourth-order valence-electron chi connectivity index (χ4n) is 2.66. The maximum absolute atomic E-state index is 11.4. The first-order chi connectivity index (χ1) is 9.29. The Hall–Kier alpha value is -2.03. The average Bonchev–Trinajstić information content (AvgIpc) is 3.13. The number of fused-ring (bicyclic) bond motifs is 3. The van der Waals surface area contributed by atoms with Gasteiger partial charge < -0.3 is 4.90 Å². The lowest BCUT2D eigenvalue weighted by Gasteiger charge is -2.31. The van der Waals surface area contributed by atoms with Crippen molar-refractivity contribution in [2.45, 2.75) is 18.9 Å². The summed E-state index contributed by atoms with van der Waals surface area (Å²) in [6.07, 6.45) is 3.87. The third-order valence-electron chi connectivity index (χ3n) is 3.63. The molecule has 0 bridgehead atoms. The standard InChI is InChI=1S/C14H10ClN3O/c15-8-1-4-12-10(5-8)14-11(6-16-17-14)13(7-19)18(12)9-2-3-9/h1,4-6,9H,2-3H2,(H,16,17). The average molecular weight is 272 g/mol. The molecule has 4 nitrogen and oxygen atoms in total. The molecule has 1 aromatic heterocycles. The lowest BCUT2D eigenvalue weighted by atomic mass is 9.97. The minimum Gasteiger partial charge on any atom is -0.328 e. The molecule has 1 aromatic carbocycles. The summed E-state index contributed by atoms with van der Waals surface area (Å²) in [6.45, 7) is 0. The van der Waals surface area contributed by atoms with Crippen LogP contribution in [0.4, 0.5) is 5.69 Å². The van der Waals surface area contributed by atoms with Crippen LogP contribution in [0.5, 0.6) is 0 Å². The van der Waals surface area contributed by atoms with E-state index in [1.165, 1.54) is 0 Å². The van der Waals surface area contributed by atoms with Crippen LogP contribution in [0.2, 0.25) is 5.02 Å². The number of nitrogens with one attached hydrogen (secondary N) is 1. The highest BCUT2D eigenvalue weighted by Gasteiger charge is 2.38. The smallest absolute Gasteiger partial charge is 0.151 e. The fraction of sp³-hybridized carbons (Fsp3) is 0.214. The van der Waals surface area contributed by atoms with E-state index in [2.05, 4.69) is 21.0 Å². The molecular formula is C14H10ClN3O. The Kier molecular flexibility index (Phi) is 2.13. The van der Waals surface area contributed by atoms with E-state index in [-0.39, 0.29) is 0 Å². The maximum Gasteiger partial charge on any atom is 0.151 e. The lowest BCUT2D eigenvalue weighted by molar-refractivity contribution is 0.569. The van der Waals surface area contributed by atoms with Crippen molar-refractivity contribution in [1.82, 2.24) is 10.2 Å². The van der Waals surface area contributed by atoms with E-state index in [1.807, 2.05) is 18.2 Å². The molecule has 0 saturated heterocycles. The molecule has 2 aromatic rings. The van der Waals surface area contributed by atoms with Gasteiger partial charge in [0.25, 0.3) is 0 Å². The van der Waals surface area contributed by atoms with E-state index in [9.17, 15) is 4.79 Å². The van der Waals surface area contributed by atoms with E-state index >= 15 is 0 Å². The molecule has 2 heterocycles. The summed E-state index contributed by atoms with van der Waals surface area (Å²) in [6, 6.07) is 6.10. The SMILES string of the molecule is O=C=C1c2cn[nH]c2-c2cc(Cl)ccc2N1C1CC1. The highest BCUT2D eigenvalue weighted by atomic mass is 35.5. The fourth-order valence-corrected chi connectivity index (χ4v) is 2.83. The number of aromatic nitrogens is 2. The van der Waals surface area contributed by atoms with Crippen LogP contribution < -0.4 is 4.90 Å². The largest absolute Gasteiger partial charge is 0.328 e. The molecule has 1 aliphatic carbocycles. The number of hydrogen-bond acceptors (Lipinski definition) is 3. The normalized spacial score (nSPS) is 16.9. The van der Waals surface area contributed by atoms with Crippen LogP contribution in [0.1, 0.15) is 18.4 Å². The van der Waals surface area contributed by atoms with Gasteiger partial charge in [0.05, 0.1) is 23.1 Å². The van der Waals surface area contributed by atoms with Gasteiger partial charge in [-0.3, -0.25) is 5.10 Å². The Morgan fingerprint density at radius 1 is 1.37 bits per heavy atom. The van der Waals surface area contributed by atoms with Crippen LogP contribution >= 0.6 is 11.6 Å². The van der Waals surface area contributed by atoms with Crippen molar-refractivity contribution < 1.29 is 4.79 Å². The van der Waals surface area contributed by atoms with Gasteiger partial charge in [-0.2, -0.15) is 5.10 Å². The second-order valence-electron chi connectivity index (χ2n) is 4.87. The number of aromatic amines is 1. The molecule has 1 N–H and O–H groups in total. The Morgan fingerprint density at radius 2 is 2.21 bits per heavy atom. The Morgan fingerprint density at radius 3 is 2.95 bits per heavy atom. The number of hydrogen-bond donors (Lipinski definition) is 1. The Labute approximate surface area is 114 Å². The second-order valence-corrected chi connectivity index (χ2v) is 5.31. The predicted molar refractivity (Wildman–Crippen MR) is 73.6 cm³/mol. The molecule has 2 aliphatic rings. The van der Waals surface area contributed by atoms with Gasteiger partial charge in [-0.1, -0.05) is 11.6 Å². The van der Waals surface area contributed by atoms with Crippen LogP contribution in [-0.2, 0) is 4.79 Å². The van der Waals surface area contributed by atoms with Crippen LogP contribution in [0.15, 0.2) is 24.4 Å². The molecule has 0 spiro atoms. The molecule has 0 amide bonds. The zero-order valence-corrected chi connectivity index (χ0v) is 10.7. The number of halogens is 1. The molecule has 1 saturated carbocycles. The zero-order chi connectivity index (χ0) is 13.0. The third-order valence-corrected chi connectivity index (χ3v) is 3.87. The molecule has 1 aliphatic heterocycles. The van der Waals surface area contributed by atoms with Crippen molar-refractivity contribution >= 4 is 28.9 Å². The van der Waals surface area contributed by atoms with Crippen LogP contribution in [0, 0.1) is 0 Å². The first-order valence-corrected chi connectivity index (χ1v) is 6.55. The first kappa shape index (κ1) is 10.9. The summed E-state index contributed by atoms with van der Waals surface area (Å²) in [5, 5.41) is 7.68. The molecule has 5 heteroatoms. The third kappa shape index (κ3) is 1.47. The number of nitrogens with zero attached hydrogens (tertiary/aromatic N) is 2. The number of rotatable bonds is 1. The summed E-state index contributed by atoms with van der Waals surface area (Å²) in [5.74, 6) is 2.07. The Bertz CT molecular complexity index is 726. The summed E-state index contributed by atoms with van der Waals surface area (Å²) in [7, 11) is 0.